The van der Waals surface area contributed by atoms with Gasteiger partial charge in [0.2, 0.25) is 0 Å². The van der Waals surface area contributed by atoms with Crippen molar-refractivity contribution in [1.29, 1.82) is 0 Å². The van der Waals surface area contributed by atoms with E-state index in [-0.39, 0.29) is 0 Å². The number of nitrogens with zero attached hydrogens (tertiary/aromatic N) is 1. The van der Waals surface area contributed by atoms with Crippen LogP contribution in [0.25, 0.3) is 0 Å². The number of halogens is 2. The van der Waals surface area contributed by atoms with Gasteiger partial charge in [0.15, 0.2) is 0 Å². The van der Waals surface area contributed by atoms with Crippen LogP contribution < -0.4 is 14.8 Å². The molecule has 0 saturated heterocycles. The summed E-state index contributed by atoms with van der Waals surface area (Å²) >= 11 is 8.54. The Labute approximate surface area is 138 Å². The first kappa shape index (κ1) is 15.8. The molecule has 0 radical (unpaired) electrons. The summed E-state index contributed by atoms with van der Waals surface area (Å²) in [5, 5.41) is 6.15. The summed E-state index contributed by atoms with van der Waals surface area (Å²) in [4.78, 5) is 4.48. The number of methoxy groups -OCH3 is 1. The van der Waals surface area contributed by atoms with Crippen LogP contribution in [0.2, 0.25) is 0 Å². The van der Waals surface area contributed by atoms with Gasteiger partial charge in [-0.25, -0.2) is 4.98 Å². The van der Waals surface area contributed by atoms with Crippen LogP contribution in [-0.4, -0.2) is 19.1 Å². The van der Waals surface area contributed by atoms with Gasteiger partial charge in [-0.3, -0.25) is 0 Å². The molecule has 1 N–H and O–H groups in total. The molecule has 0 aliphatic heterocycles. The number of ether oxygens (including phenoxy) is 2. The third-order valence-electron chi connectivity index (χ3n) is 2.51. The number of hydrogen-bond acceptors (Lipinski definition) is 5. The van der Waals surface area contributed by atoms with Gasteiger partial charge in [-0.05, 0) is 51.0 Å². The standard InChI is InChI=1S/C13H14Br2N2O2S/c1-16-5-13-17-8(7-20-13)6-19-12-4-9(14)11(18-2)3-10(12)15/h3-4,7,16H,5-6H2,1-2H3. The highest BCUT2D eigenvalue weighted by Crippen LogP contribution is 2.36. The van der Waals surface area contributed by atoms with Crippen molar-refractivity contribution in [2.24, 2.45) is 0 Å². The molecule has 0 amide bonds. The fraction of sp³-hybridized carbons (Fsp3) is 0.308. The Bertz CT molecular complexity index is 590. The molecule has 2 rings (SSSR count). The van der Waals surface area contributed by atoms with Gasteiger partial charge in [-0.15, -0.1) is 11.3 Å². The molecule has 4 nitrogen and oxygen atoms in total. The minimum atomic E-state index is 0.442. The Hall–Kier alpha value is -0.630. The molecule has 0 aliphatic rings. The molecule has 1 aromatic carbocycles. The van der Waals surface area contributed by atoms with Gasteiger partial charge >= 0.3 is 0 Å². The molecule has 7 heteroatoms. The number of benzene rings is 1. The molecule has 0 saturated carbocycles. The fourth-order valence-corrected chi connectivity index (χ4v) is 3.29. The molecule has 1 heterocycles. The van der Waals surface area contributed by atoms with Crippen molar-refractivity contribution in [3.8, 4) is 11.5 Å². The van der Waals surface area contributed by atoms with E-state index in [0.29, 0.717) is 6.61 Å². The summed E-state index contributed by atoms with van der Waals surface area (Å²) in [6.07, 6.45) is 0. The molecule has 108 valence electrons. The van der Waals surface area contributed by atoms with Crippen molar-refractivity contribution < 1.29 is 9.47 Å². The van der Waals surface area contributed by atoms with Crippen LogP contribution in [0.4, 0.5) is 0 Å². The van der Waals surface area contributed by atoms with Crippen LogP contribution >= 0.6 is 43.2 Å². The minimum Gasteiger partial charge on any atom is -0.496 e. The van der Waals surface area contributed by atoms with Crippen molar-refractivity contribution in [3.05, 3.63) is 37.2 Å². The summed E-state index contributed by atoms with van der Waals surface area (Å²) in [6.45, 7) is 1.22. The molecule has 0 unspecified atom stereocenters. The summed E-state index contributed by atoms with van der Waals surface area (Å²) in [5.74, 6) is 1.51. The van der Waals surface area contributed by atoms with E-state index in [1.165, 1.54) is 0 Å². The minimum absolute atomic E-state index is 0.442. The predicted octanol–water partition coefficient (Wildman–Crippen LogP) is 3.98. The quantitative estimate of drug-likeness (QED) is 0.766. The first-order valence-electron chi connectivity index (χ1n) is 5.87. The second-order valence-corrected chi connectivity index (χ2v) is 6.62. The molecule has 0 bridgehead atoms. The average molecular weight is 422 g/mol. The zero-order chi connectivity index (χ0) is 14.5. The van der Waals surface area contributed by atoms with Gasteiger partial charge in [-0.2, -0.15) is 0 Å². The Morgan fingerprint density at radius 1 is 1.25 bits per heavy atom. The maximum absolute atomic E-state index is 5.79. The zero-order valence-electron chi connectivity index (χ0n) is 11.1. The highest BCUT2D eigenvalue weighted by Gasteiger charge is 2.09. The van der Waals surface area contributed by atoms with Crippen LogP contribution in [0, 0.1) is 0 Å². The molecule has 2 aromatic rings. The van der Waals surface area contributed by atoms with Crippen molar-refractivity contribution in [3.63, 3.8) is 0 Å². The lowest BCUT2D eigenvalue weighted by Gasteiger charge is -2.10. The van der Waals surface area contributed by atoms with Crippen molar-refractivity contribution in [2.75, 3.05) is 14.2 Å². The lowest BCUT2D eigenvalue weighted by Crippen LogP contribution is -2.05. The van der Waals surface area contributed by atoms with E-state index in [0.717, 1.165) is 37.7 Å². The number of aromatic nitrogens is 1. The third kappa shape index (κ3) is 3.94. The predicted molar refractivity (Wildman–Crippen MR) is 87.6 cm³/mol. The second-order valence-electron chi connectivity index (χ2n) is 3.97. The Morgan fingerprint density at radius 2 is 1.95 bits per heavy atom. The Balaban J connectivity index is 2.04. The van der Waals surface area contributed by atoms with E-state index < -0.39 is 0 Å². The Kier molecular flexibility index (Phi) is 5.83. The van der Waals surface area contributed by atoms with Gasteiger partial charge in [-0.1, -0.05) is 0 Å². The van der Waals surface area contributed by atoms with Crippen LogP contribution in [0.5, 0.6) is 11.5 Å². The number of rotatable bonds is 6. The highest BCUT2D eigenvalue weighted by molar-refractivity contribution is 9.11. The first-order chi connectivity index (χ1) is 9.63. The van der Waals surface area contributed by atoms with Gasteiger partial charge in [0.05, 0.1) is 21.7 Å². The topological polar surface area (TPSA) is 43.4 Å². The highest BCUT2D eigenvalue weighted by atomic mass is 79.9. The molecule has 0 aliphatic carbocycles. The first-order valence-corrected chi connectivity index (χ1v) is 8.34. The summed E-state index contributed by atoms with van der Waals surface area (Å²) in [5.41, 5.74) is 0.930. The third-order valence-corrected chi connectivity index (χ3v) is 4.65. The van der Waals surface area contributed by atoms with Crippen LogP contribution in [0.1, 0.15) is 10.7 Å². The summed E-state index contributed by atoms with van der Waals surface area (Å²) in [7, 11) is 3.54. The van der Waals surface area contributed by atoms with Gasteiger partial charge in [0, 0.05) is 11.9 Å². The van der Waals surface area contributed by atoms with Crippen LogP contribution in [0.3, 0.4) is 0 Å². The Morgan fingerprint density at radius 3 is 2.65 bits per heavy atom. The lowest BCUT2D eigenvalue weighted by atomic mass is 10.3. The monoisotopic (exact) mass is 420 g/mol. The van der Waals surface area contributed by atoms with Crippen LogP contribution in [0.15, 0.2) is 26.5 Å². The normalized spacial score (nSPS) is 10.6. The van der Waals surface area contributed by atoms with Crippen molar-refractivity contribution in [1.82, 2.24) is 10.3 Å². The molecule has 0 spiro atoms. The number of nitrogens with one attached hydrogen (secondary N) is 1. The van der Waals surface area contributed by atoms with Gasteiger partial charge in [0.1, 0.15) is 23.1 Å². The van der Waals surface area contributed by atoms with Gasteiger partial charge < -0.3 is 14.8 Å². The summed E-state index contributed by atoms with van der Waals surface area (Å²) in [6, 6.07) is 3.75. The summed E-state index contributed by atoms with van der Waals surface area (Å²) < 4.78 is 12.7. The molecule has 0 fully saturated rings. The SMILES string of the molecule is CNCc1nc(COc2cc(Br)c(OC)cc2Br)cs1. The van der Waals surface area contributed by atoms with Crippen molar-refractivity contribution >= 4 is 43.2 Å². The maximum Gasteiger partial charge on any atom is 0.135 e. The van der Waals surface area contributed by atoms with Gasteiger partial charge in [0.25, 0.3) is 0 Å². The zero-order valence-corrected chi connectivity index (χ0v) is 15.1. The molecular formula is C13H14Br2N2O2S. The van der Waals surface area contributed by atoms with E-state index in [4.69, 9.17) is 9.47 Å². The number of thiazole rings is 1. The average Bonchev–Trinajstić information content (AvgIpc) is 2.87. The number of hydrogen-bond donors (Lipinski definition) is 1. The van der Waals surface area contributed by atoms with E-state index in [9.17, 15) is 0 Å². The van der Waals surface area contributed by atoms with Crippen molar-refractivity contribution in [2.45, 2.75) is 13.2 Å². The van der Waals surface area contributed by atoms with Crippen LogP contribution in [-0.2, 0) is 13.2 Å². The molecular weight excluding hydrogens is 408 g/mol. The van der Waals surface area contributed by atoms with E-state index in [1.54, 1.807) is 18.4 Å². The molecule has 1 aromatic heterocycles. The largest absolute Gasteiger partial charge is 0.496 e. The fourth-order valence-electron chi connectivity index (χ4n) is 1.58. The maximum atomic E-state index is 5.79. The molecule has 20 heavy (non-hydrogen) atoms. The second kappa shape index (κ2) is 7.40. The lowest BCUT2D eigenvalue weighted by molar-refractivity contribution is 0.299. The van der Waals surface area contributed by atoms with E-state index in [1.807, 2.05) is 24.6 Å². The van der Waals surface area contributed by atoms with E-state index in [2.05, 4.69) is 42.2 Å². The smallest absolute Gasteiger partial charge is 0.135 e. The van der Waals surface area contributed by atoms with E-state index >= 15 is 0 Å². The molecule has 0 atom stereocenters.